The van der Waals surface area contributed by atoms with Gasteiger partial charge in [0.2, 0.25) is 5.91 Å². The fourth-order valence-electron chi connectivity index (χ4n) is 2.64. The van der Waals surface area contributed by atoms with Gasteiger partial charge in [-0.05, 0) is 6.42 Å². The zero-order chi connectivity index (χ0) is 16.8. The van der Waals surface area contributed by atoms with Crippen molar-refractivity contribution in [2.45, 2.75) is 32.5 Å². The Hall–Kier alpha value is -2.89. The minimum absolute atomic E-state index is 0.0165. The first-order valence-corrected chi connectivity index (χ1v) is 8.08. The van der Waals surface area contributed by atoms with Crippen LogP contribution in [0.15, 0.2) is 61.4 Å². The minimum Gasteiger partial charge on any atom is -0.350 e. The van der Waals surface area contributed by atoms with Crippen molar-refractivity contribution in [3.63, 3.8) is 0 Å². The number of rotatable bonds is 7. The molecule has 0 unspecified atom stereocenters. The number of hydrogen-bond acceptors (Lipinski definition) is 3. The number of imidazole rings is 2. The smallest absolute Gasteiger partial charge is 0.240 e. The molecule has 6 heteroatoms. The number of benzene rings is 1. The number of carbonyl (C=O) groups excluding carboxylic acids is 1. The Morgan fingerprint density at radius 3 is 2.75 bits per heavy atom. The van der Waals surface area contributed by atoms with Crippen LogP contribution >= 0.6 is 0 Å². The van der Waals surface area contributed by atoms with Crippen LogP contribution in [-0.2, 0) is 17.9 Å². The molecule has 0 saturated carbocycles. The predicted octanol–water partition coefficient (Wildman–Crippen LogP) is 2.34. The van der Waals surface area contributed by atoms with Crippen LogP contribution in [0, 0.1) is 0 Å². The van der Waals surface area contributed by atoms with Crippen LogP contribution in [-0.4, -0.2) is 31.1 Å². The summed E-state index contributed by atoms with van der Waals surface area (Å²) in [5.41, 5.74) is 1.00. The van der Waals surface area contributed by atoms with Gasteiger partial charge in [-0.25, -0.2) is 9.97 Å². The van der Waals surface area contributed by atoms with Crippen molar-refractivity contribution in [1.29, 1.82) is 0 Å². The van der Waals surface area contributed by atoms with E-state index in [1.54, 1.807) is 18.7 Å². The maximum absolute atomic E-state index is 12.4. The van der Waals surface area contributed by atoms with Gasteiger partial charge in [0.05, 0.1) is 6.33 Å². The number of nitrogens with one attached hydrogen (secondary N) is 1. The van der Waals surface area contributed by atoms with Gasteiger partial charge in [-0.1, -0.05) is 37.3 Å². The maximum atomic E-state index is 12.4. The van der Waals surface area contributed by atoms with Crippen LogP contribution < -0.4 is 5.32 Å². The van der Waals surface area contributed by atoms with Gasteiger partial charge in [0.15, 0.2) is 0 Å². The fourth-order valence-corrected chi connectivity index (χ4v) is 2.64. The molecule has 124 valence electrons. The summed E-state index contributed by atoms with van der Waals surface area (Å²) in [5, 5.41) is 3.09. The van der Waals surface area contributed by atoms with E-state index in [1.807, 2.05) is 51.9 Å². The minimum atomic E-state index is -0.0165. The molecule has 1 atom stereocenters. The first-order chi connectivity index (χ1) is 11.8. The number of hydrogen-bond donors (Lipinski definition) is 1. The molecule has 2 heterocycles. The molecule has 0 fully saturated rings. The Bertz CT molecular complexity index is 764. The number of aromatic nitrogens is 4. The normalized spacial score (nSPS) is 12.0. The Morgan fingerprint density at radius 2 is 2.04 bits per heavy atom. The van der Waals surface area contributed by atoms with E-state index in [9.17, 15) is 4.79 Å². The monoisotopic (exact) mass is 323 g/mol. The molecular formula is C18H21N5O. The van der Waals surface area contributed by atoms with Crippen molar-refractivity contribution < 1.29 is 4.79 Å². The molecule has 6 nitrogen and oxygen atoms in total. The van der Waals surface area contributed by atoms with E-state index >= 15 is 0 Å². The lowest BCUT2D eigenvalue weighted by molar-refractivity contribution is -0.122. The van der Waals surface area contributed by atoms with Crippen LogP contribution in [0.2, 0.25) is 0 Å². The molecule has 0 bridgehead atoms. The second-order valence-corrected chi connectivity index (χ2v) is 5.68. The topological polar surface area (TPSA) is 64.7 Å². The van der Waals surface area contributed by atoms with Crippen molar-refractivity contribution in [3.8, 4) is 11.4 Å². The summed E-state index contributed by atoms with van der Waals surface area (Å²) in [6, 6.07) is 9.95. The van der Waals surface area contributed by atoms with E-state index in [1.165, 1.54) is 0 Å². The van der Waals surface area contributed by atoms with Crippen molar-refractivity contribution in [2.75, 3.05) is 0 Å². The third-order valence-electron chi connectivity index (χ3n) is 3.91. The van der Waals surface area contributed by atoms with Crippen molar-refractivity contribution >= 4 is 5.91 Å². The molecule has 3 aromatic rings. The summed E-state index contributed by atoms with van der Waals surface area (Å²) in [4.78, 5) is 20.8. The molecule has 0 radical (unpaired) electrons. The third kappa shape index (κ3) is 3.90. The Kier molecular flexibility index (Phi) is 5.05. The highest BCUT2D eigenvalue weighted by molar-refractivity contribution is 5.76. The average molecular weight is 323 g/mol. The Balaban J connectivity index is 1.64. The number of nitrogens with zero attached hydrogens (tertiary/aromatic N) is 4. The fraction of sp³-hybridized carbons (Fsp3) is 0.278. The van der Waals surface area contributed by atoms with Crippen molar-refractivity contribution in [3.05, 3.63) is 61.4 Å². The summed E-state index contributed by atoms with van der Waals surface area (Å²) in [5.74, 6) is 0.783. The van der Waals surface area contributed by atoms with Crippen LogP contribution in [0.1, 0.15) is 13.3 Å². The van der Waals surface area contributed by atoms with E-state index in [0.29, 0.717) is 0 Å². The van der Waals surface area contributed by atoms with E-state index < -0.39 is 0 Å². The summed E-state index contributed by atoms with van der Waals surface area (Å²) < 4.78 is 3.84. The standard InChI is InChI=1S/C18H21N5O/c1-2-16(12-22-10-8-19-14-22)21-17(24)13-23-11-9-20-18(23)15-6-4-3-5-7-15/h3-11,14,16H,2,12-13H2,1H3,(H,21,24)/t16-/m1/s1. The van der Waals surface area contributed by atoms with Crippen molar-refractivity contribution in [1.82, 2.24) is 24.4 Å². The molecule has 1 amide bonds. The second kappa shape index (κ2) is 7.59. The molecule has 1 N–H and O–H groups in total. The predicted molar refractivity (Wildman–Crippen MR) is 92.1 cm³/mol. The lowest BCUT2D eigenvalue weighted by atomic mass is 10.2. The van der Waals surface area contributed by atoms with Crippen LogP contribution in [0.3, 0.4) is 0 Å². The lowest BCUT2D eigenvalue weighted by Crippen LogP contribution is -2.39. The summed E-state index contributed by atoms with van der Waals surface area (Å²) >= 11 is 0. The quantitative estimate of drug-likeness (QED) is 0.726. The zero-order valence-corrected chi connectivity index (χ0v) is 13.7. The molecule has 0 aliphatic heterocycles. The van der Waals surface area contributed by atoms with Gasteiger partial charge in [-0.3, -0.25) is 4.79 Å². The molecular weight excluding hydrogens is 302 g/mol. The highest BCUT2D eigenvalue weighted by Gasteiger charge is 2.13. The van der Waals surface area contributed by atoms with Crippen LogP contribution in [0.25, 0.3) is 11.4 Å². The third-order valence-corrected chi connectivity index (χ3v) is 3.91. The molecule has 24 heavy (non-hydrogen) atoms. The highest BCUT2D eigenvalue weighted by Crippen LogP contribution is 2.16. The molecule has 1 aromatic carbocycles. The maximum Gasteiger partial charge on any atom is 0.240 e. The SMILES string of the molecule is CC[C@H](Cn1ccnc1)NC(=O)Cn1ccnc1-c1ccccc1. The van der Waals surface area contributed by atoms with Gasteiger partial charge in [0.25, 0.3) is 0 Å². The average Bonchev–Trinajstić information content (AvgIpc) is 3.27. The molecule has 0 saturated heterocycles. The summed E-state index contributed by atoms with van der Waals surface area (Å²) in [7, 11) is 0. The largest absolute Gasteiger partial charge is 0.350 e. The first kappa shape index (κ1) is 16.0. The molecule has 0 spiro atoms. The van der Waals surface area contributed by atoms with Gasteiger partial charge in [0, 0.05) is 42.9 Å². The second-order valence-electron chi connectivity index (χ2n) is 5.68. The van der Waals surface area contributed by atoms with Crippen LogP contribution in [0.4, 0.5) is 0 Å². The van der Waals surface area contributed by atoms with Gasteiger partial charge in [-0.2, -0.15) is 0 Å². The Labute approximate surface area is 141 Å². The molecule has 3 rings (SSSR count). The zero-order valence-electron chi connectivity index (χ0n) is 13.7. The summed E-state index contributed by atoms with van der Waals surface area (Å²) in [6.07, 6.45) is 9.82. The van der Waals surface area contributed by atoms with Gasteiger partial charge in [-0.15, -0.1) is 0 Å². The lowest BCUT2D eigenvalue weighted by Gasteiger charge is -2.18. The van der Waals surface area contributed by atoms with E-state index in [-0.39, 0.29) is 18.5 Å². The van der Waals surface area contributed by atoms with Gasteiger partial charge < -0.3 is 14.5 Å². The van der Waals surface area contributed by atoms with Crippen LogP contribution in [0.5, 0.6) is 0 Å². The van der Waals surface area contributed by atoms with Gasteiger partial charge in [0.1, 0.15) is 12.4 Å². The Morgan fingerprint density at radius 1 is 1.21 bits per heavy atom. The van der Waals surface area contributed by atoms with E-state index in [4.69, 9.17) is 0 Å². The first-order valence-electron chi connectivity index (χ1n) is 8.08. The van der Waals surface area contributed by atoms with E-state index in [0.717, 1.165) is 24.4 Å². The van der Waals surface area contributed by atoms with Crippen molar-refractivity contribution in [2.24, 2.45) is 0 Å². The number of carbonyl (C=O) groups is 1. The molecule has 0 aliphatic rings. The highest BCUT2D eigenvalue weighted by atomic mass is 16.2. The molecule has 2 aromatic heterocycles. The number of amides is 1. The van der Waals surface area contributed by atoms with E-state index in [2.05, 4.69) is 22.2 Å². The molecule has 0 aliphatic carbocycles. The van der Waals surface area contributed by atoms with Gasteiger partial charge >= 0.3 is 0 Å². The summed E-state index contributed by atoms with van der Waals surface area (Å²) in [6.45, 7) is 3.04.